The molecule has 1 aliphatic heterocycles. The van der Waals surface area contributed by atoms with Crippen molar-refractivity contribution in [2.75, 3.05) is 29.1 Å². The largest absolute Gasteiger partial charge is 0.372 e. The Balaban J connectivity index is 1.61. The van der Waals surface area contributed by atoms with Crippen molar-refractivity contribution in [1.82, 2.24) is 20.2 Å². The van der Waals surface area contributed by atoms with Crippen molar-refractivity contribution >= 4 is 28.9 Å². The van der Waals surface area contributed by atoms with Crippen LogP contribution in [-0.2, 0) is 4.79 Å². The van der Waals surface area contributed by atoms with Gasteiger partial charge in [-0.15, -0.1) is 5.10 Å². The Hall–Kier alpha value is -3.75. The van der Waals surface area contributed by atoms with Crippen molar-refractivity contribution in [3.8, 4) is 5.69 Å². The van der Waals surface area contributed by atoms with Crippen molar-refractivity contribution in [3.63, 3.8) is 0 Å². The van der Waals surface area contributed by atoms with Crippen molar-refractivity contribution in [1.29, 1.82) is 0 Å². The van der Waals surface area contributed by atoms with Gasteiger partial charge in [0.1, 0.15) is 0 Å². The highest BCUT2D eigenvalue weighted by molar-refractivity contribution is 6.06. The molecule has 0 aliphatic carbocycles. The van der Waals surface area contributed by atoms with Crippen LogP contribution in [0.15, 0.2) is 36.4 Å². The Labute approximate surface area is 167 Å². The molecule has 2 N–H and O–H groups in total. The number of nitrogens with zero attached hydrogens (tertiary/aromatic N) is 5. The lowest BCUT2D eigenvalue weighted by Crippen LogP contribution is -2.18. The van der Waals surface area contributed by atoms with E-state index >= 15 is 0 Å². The van der Waals surface area contributed by atoms with Gasteiger partial charge in [-0.05, 0) is 60.2 Å². The van der Waals surface area contributed by atoms with Gasteiger partial charge in [-0.2, -0.15) is 4.68 Å². The third kappa shape index (κ3) is 3.66. The third-order valence-electron chi connectivity index (χ3n) is 4.94. The quantitative estimate of drug-likeness (QED) is 0.710. The van der Waals surface area contributed by atoms with E-state index in [9.17, 15) is 9.59 Å². The van der Waals surface area contributed by atoms with Gasteiger partial charge in [-0.25, -0.2) is 0 Å². The van der Waals surface area contributed by atoms with E-state index in [1.807, 2.05) is 50.1 Å². The summed E-state index contributed by atoms with van der Waals surface area (Å²) in [6.45, 7) is 4.40. The summed E-state index contributed by atoms with van der Waals surface area (Å²) in [5.74, 6) is 0.326. The first kappa shape index (κ1) is 18.6. The zero-order valence-corrected chi connectivity index (χ0v) is 16.4. The predicted octanol–water partition coefficient (Wildman–Crippen LogP) is 2.31. The number of tetrazole rings is 1. The van der Waals surface area contributed by atoms with Gasteiger partial charge in [0.05, 0.1) is 17.1 Å². The first-order valence-corrected chi connectivity index (χ1v) is 9.25. The molecule has 4 rings (SSSR count). The zero-order valence-electron chi connectivity index (χ0n) is 16.4. The first-order valence-electron chi connectivity index (χ1n) is 9.25. The molecule has 2 amide bonds. The Kier molecular flexibility index (Phi) is 4.71. The number of benzene rings is 2. The average molecular weight is 391 g/mol. The molecule has 29 heavy (non-hydrogen) atoms. The number of hydrogen-bond donors (Lipinski definition) is 2. The molecular weight excluding hydrogens is 370 g/mol. The normalized spacial score (nSPS) is 13.5. The summed E-state index contributed by atoms with van der Waals surface area (Å²) in [5.41, 5.74) is 4.38. The summed E-state index contributed by atoms with van der Waals surface area (Å²) in [5, 5.41) is 17.4. The number of aromatic nitrogens is 4. The molecule has 0 unspecified atom stereocenters. The number of anilines is 3. The van der Waals surface area contributed by atoms with Gasteiger partial charge in [-0.3, -0.25) is 9.59 Å². The average Bonchev–Trinajstić information content (AvgIpc) is 3.06. The van der Waals surface area contributed by atoms with Crippen LogP contribution < -0.4 is 15.5 Å². The van der Waals surface area contributed by atoms with Gasteiger partial charge in [0.15, 0.2) is 5.82 Å². The molecule has 0 atom stereocenters. The van der Waals surface area contributed by atoms with E-state index in [0.29, 0.717) is 35.7 Å². The minimum absolute atomic E-state index is 0.0619. The lowest BCUT2D eigenvalue weighted by atomic mass is 10.1. The van der Waals surface area contributed by atoms with Gasteiger partial charge >= 0.3 is 0 Å². The van der Waals surface area contributed by atoms with E-state index in [0.717, 1.165) is 16.9 Å². The van der Waals surface area contributed by atoms with E-state index < -0.39 is 0 Å². The van der Waals surface area contributed by atoms with Gasteiger partial charge in [0.25, 0.3) is 5.91 Å². The minimum atomic E-state index is -0.266. The van der Waals surface area contributed by atoms with Gasteiger partial charge in [-0.1, -0.05) is 6.07 Å². The van der Waals surface area contributed by atoms with Gasteiger partial charge in [0, 0.05) is 31.3 Å². The molecule has 0 radical (unpaired) electrons. The number of hydrogen-bond acceptors (Lipinski definition) is 6. The summed E-state index contributed by atoms with van der Waals surface area (Å²) in [6, 6.07) is 10.9. The summed E-state index contributed by atoms with van der Waals surface area (Å²) < 4.78 is 1.62. The Bertz CT molecular complexity index is 1110. The molecular formula is C20H21N7O2. The molecule has 0 saturated heterocycles. The zero-order chi connectivity index (χ0) is 20.5. The van der Waals surface area contributed by atoms with Crippen molar-refractivity contribution < 1.29 is 9.59 Å². The number of carbonyl (C=O) groups is 2. The van der Waals surface area contributed by atoms with Crippen LogP contribution in [0, 0.1) is 13.8 Å². The molecule has 1 aliphatic rings. The number of aryl methyl sites for hydroxylation is 2. The molecule has 3 aromatic rings. The van der Waals surface area contributed by atoms with Crippen LogP contribution in [0.4, 0.5) is 17.1 Å². The van der Waals surface area contributed by atoms with Crippen LogP contribution in [0.1, 0.15) is 28.2 Å². The topological polar surface area (TPSA) is 105 Å². The van der Waals surface area contributed by atoms with E-state index in [1.165, 1.54) is 0 Å². The fourth-order valence-corrected chi connectivity index (χ4v) is 3.29. The summed E-state index contributed by atoms with van der Waals surface area (Å²) >= 11 is 0. The second-order valence-electron chi connectivity index (χ2n) is 7.04. The molecule has 0 bridgehead atoms. The smallest absolute Gasteiger partial charge is 0.255 e. The molecule has 0 fully saturated rings. The lowest BCUT2D eigenvalue weighted by Gasteiger charge is -2.19. The van der Waals surface area contributed by atoms with E-state index in [2.05, 4.69) is 26.2 Å². The molecule has 2 heterocycles. The molecule has 9 heteroatoms. The van der Waals surface area contributed by atoms with E-state index in [1.54, 1.807) is 16.8 Å². The molecule has 0 spiro atoms. The van der Waals surface area contributed by atoms with Crippen LogP contribution >= 0.6 is 0 Å². The number of amides is 2. The number of carbonyl (C=O) groups excluding carboxylic acids is 2. The van der Waals surface area contributed by atoms with Crippen LogP contribution in [0.25, 0.3) is 5.69 Å². The Morgan fingerprint density at radius 3 is 2.72 bits per heavy atom. The standard InChI is InChI=1S/C20H21N7O2/c1-12-4-6-15(11-18(12)27-13(2)23-24-25-27)21-20(29)14-5-7-17-16(10-14)22-19(28)8-9-26(17)3/h4-7,10-11H,8-9H2,1-3H3,(H,21,29)(H,22,28). The number of fused-ring (bicyclic) bond motifs is 1. The second kappa shape index (κ2) is 7.34. The maximum absolute atomic E-state index is 12.8. The highest BCUT2D eigenvalue weighted by atomic mass is 16.2. The monoisotopic (exact) mass is 391 g/mol. The molecule has 9 nitrogen and oxygen atoms in total. The third-order valence-corrected chi connectivity index (χ3v) is 4.94. The van der Waals surface area contributed by atoms with Gasteiger partial charge in [0.2, 0.25) is 5.91 Å². The minimum Gasteiger partial charge on any atom is -0.372 e. The highest BCUT2D eigenvalue weighted by Crippen LogP contribution is 2.29. The van der Waals surface area contributed by atoms with E-state index in [4.69, 9.17) is 0 Å². The molecule has 0 saturated carbocycles. The second-order valence-corrected chi connectivity index (χ2v) is 7.04. The fraction of sp³-hybridized carbons (Fsp3) is 0.250. The summed E-state index contributed by atoms with van der Waals surface area (Å²) in [4.78, 5) is 26.7. The Morgan fingerprint density at radius 1 is 1.14 bits per heavy atom. The maximum atomic E-state index is 12.8. The van der Waals surface area contributed by atoms with Crippen LogP contribution in [-0.4, -0.2) is 45.6 Å². The fourth-order valence-electron chi connectivity index (χ4n) is 3.29. The highest BCUT2D eigenvalue weighted by Gasteiger charge is 2.18. The summed E-state index contributed by atoms with van der Waals surface area (Å²) in [6.07, 6.45) is 0.412. The van der Waals surface area contributed by atoms with Crippen LogP contribution in [0.3, 0.4) is 0 Å². The molecule has 2 aromatic carbocycles. The first-order chi connectivity index (χ1) is 13.9. The Morgan fingerprint density at radius 2 is 1.97 bits per heavy atom. The van der Waals surface area contributed by atoms with Crippen molar-refractivity contribution in [3.05, 3.63) is 53.3 Å². The van der Waals surface area contributed by atoms with Gasteiger partial charge < -0.3 is 15.5 Å². The maximum Gasteiger partial charge on any atom is 0.255 e. The van der Waals surface area contributed by atoms with E-state index in [-0.39, 0.29) is 11.8 Å². The molecule has 1 aromatic heterocycles. The number of rotatable bonds is 3. The van der Waals surface area contributed by atoms with Crippen molar-refractivity contribution in [2.24, 2.45) is 0 Å². The van der Waals surface area contributed by atoms with Crippen LogP contribution in [0.2, 0.25) is 0 Å². The lowest BCUT2D eigenvalue weighted by molar-refractivity contribution is -0.115. The number of nitrogens with one attached hydrogen (secondary N) is 2. The van der Waals surface area contributed by atoms with Crippen LogP contribution in [0.5, 0.6) is 0 Å². The summed E-state index contributed by atoms with van der Waals surface area (Å²) in [7, 11) is 1.92. The predicted molar refractivity (Wildman–Crippen MR) is 110 cm³/mol. The molecule has 148 valence electrons. The van der Waals surface area contributed by atoms with Crippen molar-refractivity contribution in [2.45, 2.75) is 20.3 Å². The SMILES string of the molecule is Cc1ccc(NC(=O)c2ccc3c(c2)NC(=O)CCN3C)cc1-n1nnnc1C.